The highest BCUT2D eigenvalue weighted by atomic mass is 16.5. The smallest absolute Gasteiger partial charge is 0.322 e. The van der Waals surface area contributed by atoms with Crippen LogP contribution in [0.4, 0.5) is 0 Å². The predicted octanol–water partition coefficient (Wildman–Crippen LogP) is 1.29. The van der Waals surface area contributed by atoms with E-state index >= 15 is 0 Å². The molecule has 0 aliphatic rings. The topological polar surface area (TPSA) is 61.5 Å². The Hall–Kier alpha value is -1.81. The van der Waals surface area contributed by atoms with E-state index in [4.69, 9.17) is 10.5 Å². The number of nitrogens with two attached hydrogens (primary N) is 1. The van der Waals surface area contributed by atoms with Crippen molar-refractivity contribution in [1.29, 1.82) is 0 Å². The molecular formula is C13H17NO3. The van der Waals surface area contributed by atoms with Gasteiger partial charge in [0.15, 0.2) is 0 Å². The molecule has 4 heteroatoms. The molecule has 1 rings (SSSR count). The second-order valence-corrected chi connectivity index (χ2v) is 3.58. The monoisotopic (exact) mass is 235 g/mol. The summed E-state index contributed by atoms with van der Waals surface area (Å²) in [7, 11) is 1.33. The van der Waals surface area contributed by atoms with Crippen molar-refractivity contribution in [3.05, 3.63) is 42.5 Å². The van der Waals surface area contributed by atoms with Crippen molar-refractivity contribution in [3.63, 3.8) is 0 Å². The van der Waals surface area contributed by atoms with E-state index in [1.807, 2.05) is 24.3 Å². The maximum atomic E-state index is 11.1. The van der Waals surface area contributed by atoms with Gasteiger partial charge >= 0.3 is 5.97 Å². The van der Waals surface area contributed by atoms with Crippen molar-refractivity contribution in [1.82, 2.24) is 0 Å². The van der Waals surface area contributed by atoms with E-state index in [-0.39, 0.29) is 0 Å². The van der Waals surface area contributed by atoms with Gasteiger partial charge in [0.1, 0.15) is 18.4 Å². The van der Waals surface area contributed by atoms with E-state index in [0.717, 1.165) is 11.3 Å². The van der Waals surface area contributed by atoms with E-state index in [1.165, 1.54) is 7.11 Å². The lowest BCUT2D eigenvalue weighted by Crippen LogP contribution is -2.33. The molecular weight excluding hydrogens is 218 g/mol. The first kappa shape index (κ1) is 13.3. The number of carbonyl (C=O) groups excluding carboxylic acids is 1. The molecule has 0 bridgehead atoms. The minimum Gasteiger partial charge on any atom is -0.490 e. The van der Waals surface area contributed by atoms with Crippen LogP contribution in [0.2, 0.25) is 0 Å². The molecule has 92 valence electrons. The number of hydrogen-bond donors (Lipinski definition) is 1. The van der Waals surface area contributed by atoms with Crippen LogP contribution in [-0.2, 0) is 16.0 Å². The van der Waals surface area contributed by atoms with Gasteiger partial charge in [-0.2, -0.15) is 0 Å². The fraction of sp³-hybridized carbons (Fsp3) is 0.308. The average molecular weight is 235 g/mol. The molecule has 0 saturated carbocycles. The van der Waals surface area contributed by atoms with E-state index in [2.05, 4.69) is 11.3 Å². The number of benzene rings is 1. The summed E-state index contributed by atoms with van der Waals surface area (Å²) in [5, 5.41) is 0. The van der Waals surface area contributed by atoms with Gasteiger partial charge in [0, 0.05) is 0 Å². The first-order chi connectivity index (χ1) is 8.17. The lowest BCUT2D eigenvalue weighted by atomic mass is 10.1. The summed E-state index contributed by atoms with van der Waals surface area (Å²) < 4.78 is 9.90. The normalized spacial score (nSPS) is 11.6. The molecule has 0 aliphatic heterocycles. The number of ether oxygens (including phenoxy) is 2. The molecule has 2 N–H and O–H groups in total. The van der Waals surface area contributed by atoms with Gasteiger partial charge in [-0.25, -0.2) is 0 Å². The molecule has 1 atom stereocenters. The second kappa shape index (κ2) is 6.70. The van der Waals surface area contributed by atoms with Crippen LogP contribution in [0.25, 0.3) is 0 Å². The Bertz CT molecular complexity index is 373. The third kappa shape index (κ3) is 4.28. The Morgan fingerprint density at radius 3 is 2.65 bits per heavy atom. The minimum absolute atomic E-state index is 0.406. The SMILES string of the molecule is C=CCOc1ccc(CC(N)C(=O)OC)cc1. The van der Waals surface area contributed by atoms with Crippen LogP contribution in [-0.4, -0.2) is 25.7 Å². The van der Waals surface area contributed by atoms with Crippen LogP contribution in [0.5, 0.6) is 5.75 Å². The summed E-state index contributed by atoms with van der Waals surface area (Å²) in [4.78, 5) is 11.1. The van der Waals surface area contributed by atoms with Gasteiger partial charge in [-0.1, -0.05) is 24.8 Å². The number of hydrogen-bond acceptors (Lipinski definition) is 4. The Balaban J connectivity index is 2.55. The Morgan fingerprint density at radius 1 is 1.47 bits per heavy atom. The van der Waals surface area contributed by atoms with Crippen molar-refractivity contribution < 1.29 is 14.3 Å². The lowest BCUT2D eigenvalue weighted by molar-refractivity contribution is -0.142. The van der Waals surface area contributed by atoms with E-state index in [9.17, 15) is 4.79 Å². The van der Waals surface area contributed by atoms with Gasteiger partial charge < -0.3 is 15.2 Å². The number of methoxy groups -OCH3 is 1. The zero-order valence-corrected chi connectivity index (χ0v) is 9.89. The van der Waals surface area contributed by atoms with E-state index < -0.39 is 12.0 Å². The molecule has 17 heavy (non-hydrogen) atoms. The van der Waals surface area contributed by atoms with Crippen molar-refractivity contribution >= 4 is 5.97 Å². The average Bonchev–Trinajstić information content (AvgIpc) is 2.37. The highest BCUT2D eigenvalue weighted by molar-refractivity contribution is 5.75. The van der Waals surface area contributed by atoms with Gasteiger partial charge in [0.25, 0.3) is 0 Å². The molecule has 0 aliphatic carbocycles. The van der Waals surface area contributed by atoms with E-state index in [0.29, 0.717) is 13.0 Å². The molecule has 1 unspecified atom stereocenters. The first-order valence-electron chi connectivity index (χ1n) is 5.33. The van der Waals surface area contributed by atoms with Crippen molar-refractivity contribution in [2.24, 2.45) is 5.73 Å². The van der Waals surface area contributed by atoms with Crippen LogP contribution in [0, 0.1) is 0 Å². The van der Waals surface area contributed by atoms with Gasteiger partial charge in [0.2, 0.25) is 0 Å². The summed E-state index contributed by atoms with van der Waals surface area (Å²) in [5.41, 5.74) is 6.63. The summed E-state index contributed by atoms with van der Waals surface area (Å²) in [5.74, 6) is 0.359. The highest BCUT2D eigenvalue weighted by Gasteiger charge is 2.13. The maximum absolute atomic E-state index is 11.1. The largest absolute Gasteiger partial charge is 0.490 e. The summed E-state index contributed by atoms with van der Waals surface area (Å²) in [6.45, 7) is 4.04. The molecule has 0 fully saturated rings. The fourth-order valence-electron chi connectivity index (χ4n) is 1.37. The van der Waals surface area contributed by atoms with Gasteiger partial charge in [0.05, 0.1) is 7.11 Å². The van der Waals surface area contributed by atoms with E-state index in [1.54, 1.807) is 6.08 Å². The zero-order chi connectivity index (χ0) is 12.7. The summed E-state index contributed by atoms with van der Waals surface area (Å²) >= 11 is 0. The summed E-state index contributed by atoms with van der Waals surface area (Å²) in [6.07, 6.45) is 2.13. The lowest BCUT2D eigenvalue weighted by Gasteiger charge is -2.09. The molecule has 0 radical (unpaired) electrons. The van der Waals surface area contributed by atoms with Crippen LogP contribution in [0.3, 0.4) is 0 Å². The third-order valence-corrected chi connectivity index (χ3v) is 2.25. The Morgan fingerprint density at radius 2 is 2.12 bits per heavy atom. The Kier molecular flexibility index (Phi) is 5.23. The standard InChI is InChI=1S/C13H17NO3/c1-3-8-17-11-6-4-10(5-7-11)9-12(14)13(15)16-2/h3-7,12H,1,8-9,14H2,2H3. The van der Waals surface area contributed by atoms with Crippen molar-refractivity contribution in [2.45, 2.75) is 12.5 Å². The molecule has 0 saturated heterocycles. The highest BCUT2D eigenvalue weighted by Crippen LogP contribution is 2.13. The molecule has 4 nitrogen and oxygen atoms in total. The molecule has 1 aromatic rings. The Labute approximate surface area is 101 Å². The molecule has 0 spiro atoms. The third-order valence-electron chi connectivity index (χ3n) is 2.25. The molecule has 0 heterocycles. The number of carbonyl (C=O) groups is 1. The van der Waals surface area contributed by atoms with Gasteiger partial charge in [-0.3, -0.25) is 4.79 Å². The van der Waals surface area contributed by atoms with Crippen molar-refractivity contribution in [3.8, 4) is 5.75 Å². The summed E-state index contributed by atoms with van der Waals surface area (Å²) in [6, 6.07) is 6.80. The number of esters is 1. The molecule has 0 aromatic heterocycles. The second-order valence-electron chi connectivity index (χ2n) is 3.58. The zero-order valence-electron chi connectivity index (χ0n) is 9.89. The fourth-order valence-corrected chi connectivity index (χ4v) is 1.37. The first-order valence-corrected chi connectivity index (χ1v) is 5.33. The minimum atomic E-state index is -0.625. The van der Waals surface area contributed by atoms with Crippen LogP contribution in [0.15, 0.2) is 36.9 Å². The number of rotatable bonds is 6. The predicted molar refractivity (Wildman–Crippen MR) is 65.8 cm³/mol. The molecule has 0 amide bonds. The molecule has 1 aromatic carbocycles. The van der Waals surface area contributed by atoms with Crippen molar-refractivity contribution in [2.75, 3.05) is 13.7 Å². The van der Waals surface area contributed by atoms with Gasteiger partial charge in [-0.15, -0.1) is 0 Å². The van der Waals surface area contributed by atoms with Crippen LogP contribution in [0.1, 0.15) is 5.56 Å². The maximum Gasteiger partial charge on any atom is 0.322 e. The van der Waals surface area contributed by atoms with Crippen LogP contribution < -0.4 is 10.5 Å². The van der Waals surface area contributed by atoms with Crippen LogP contribution >= 0.6 is 0 Å². The quantitative estimate of drug-likeness (QED) is 0.596. The van der Waals surface area contributed by atoms with Gasteiger partial charge in [-0.05, 0) is 24.1 Å².